The van der Waals surface area contributed by atoms with Crippen molar-refractivity contribution in [3.05, 3.63) is 57.5 Å². The molecule has 1 atom stereocenters. The number of H-pyrrole nitrogens is 1. The summed E-state index contributed by atoms with van der Waals surface area (Å²) in [5.74, 6) is -1.00. The van der Waals surface area contributed by atoms with E-state index in [1.807, 2.05) is 12.3 Å². The van der Waals surface area contributed by atoms with Gasteiger partial charge >= 0.3 is 0 Å². The van der Waals surface area contributed by atoms with Gasteiger partial charge in [-0.25, -0.2) is 4.98 Å². The molecule has 4 N–H and O–H groups in total. The Hall–Kier alpha value is -2.61. The second-order valence-electron chi connectivity index (χ2n) is 5.45. The first-order valence-corrected chi connectivity index (χ1v) is 8.92. The Kier molecular flexibility index (Phi) is 6.35. The van der Waals surface area contributed by atoms with E-state index < -0.39 is 11.9 Å². The number of amides is 2. The van der Waals surface area contributed by atoms with Crippen molar-refractivity contribution in [2.24, 2.45) is 5.73 Å². The van der Waals surface area contributed by atoms with Crippen LogP contribution >= 0.6 is 11.8 Å². The van der Waals surface area contributed by atoms with E-state index in [-0.39, 0.29) is 24.3 Å². The number of aromatic amines is 1. The van der Waals surface area contributed by atoms with Crippen LogP contribution in [0, 0.1) is 6.92 Å². The minimum Gasteiger partial charge on any atom is -0.368 e. The van der Waals surface area contributed by atoms with Crippen LogP contribution in [0.3, 0.4) is 0 Å². The number of nitrogens with two attached hydrogens (primary N) is 1. The summed E-state index contributed by atoms with van der Waals surface area (Å²) in [6.45, 7) is 1.73. The van der Waals surface area contributed by atoms with E-state index in [9.17, 15) is 14.4 Å². The Morgan fingerprint density at radius 3 is 2.56 bits per heavy atom. The minimum atomic E-state index is -0.898. The van der Waals surface area contributed by atoms with Crippen LogP contribution in [-0.4, -0.2) is 28.0 Å². The Morgan fingerprint density at radius 2 is 2.00 bits per heavy atom. The second-order valence-corrected chi connectivity index (χ2v) is 6.25. The van der Waals surface area contributed by atoms with Gasteiger partial charge in [0.1, 0.15) is 6.04 Å². The van der Waals surface area contributed by atoms with E-state index in [0.29, 0.717) is 22.0 Å². The average Bonchev–Trinajstić information content (AvgIpc) is 2.59. The molecule has 25 heavy (non-hydrogen) atoms. The van der Waals surface area contributed by atoms with E-state index in [0.717, 1.165) is 0 Å². The maximum absolute atomic E-state index is 12.2. The molecule has 2 aromatic rings. The molecule has 0 radical (unpaired) electrons. The summed E-state index contributed by atoms with van der Waals surface area (Å²) in [6, 6.07) is 7.87. The number of nitrogens with one attached hydrogen (secondary N) is 2. The molecule has 7 nitrogen and oxygen atoms in total. The zero-order valence-electron chi connectivity index (χ0n) is 14.0. The van der Waals surface area contributed by atoms with Crippen molar-refractivity contribution < 1.29 is 9.59 Å². The van der Waals surface area contributed by atoms with Crippen LogP contribution in [-0.2, 0) is 16.0 Å². The highest BCUT2D eigenvalue weighted by atomic mass is 32.2. The molecule has 0 saturated heterocycles. The average molecular weight is 360 g/mol. The number of hydrogen-bond donors (Lipinski definition) is 3. The molecule has 132 valence electrons. The Bertz CT molecular complexity index is 820. The molecule has 2 rings (SSSR count). The molecule has 0 aliphatic rings. The lowest BCUT2D eigenvalue weighted by molar-refractivity contribution is -0.127. The zero-order chi connectivity index (χ0) is 18.4. The maximum Gasteiger partial charge on any atom is 0.254 e. The van der Waals surface area contributed by atoms with Crippen molar-refractivity contribution in [2.75, 3.05) is 6.26 Å². The van der Waals surface area contributed by atoms with Crippen LogP contribution in [0.25, 0.3) is 0 Å². The lowest BCUT2D eigenvalue weighted by Gasteiger charge is -2.16. The van der Waals surface area contributed by atoms with Crippen LogP contribution in [0.1, 0.15) is 29.3 Å². The third-order valence-corrected chi connectivity index (χ3v) is 4.30. The van der Waals surface area contributed by atoms with E-state index in [1.165, 1.54) is 11.8 Å². The number of carbonyl (C=O) groups excluding carboxylic acids is 2. The van der Waals surface area contributed by atoms with Crippen LogP contribution in [0.4, 0.5) is 0 Å². The van der Waals surface area contributed by atoms with E-state index in [1.54, 1.807) is 31.2 Å². The first-order chi connectivity index (χ1) is 11.9. The van der Waals surface area contributed by atoms with Crippen molar-refractivity contribution in [1.29, 1.82) is 0 Å². The Morgan fingerprint density at radius 1 is 1.32 bits per heavy atom. The summed E-state index contributed by atoms with van der Waals surface area (Å²) in [5.41, 5.74) is 6.80. The maximum atomic E-state index is 12.2. The molecular weight excluding hydrogens is 340 g/mol. The molecule has 8 heteroatoms. The van der Waals surface area contributed by atoms with Gasteiger partial charge in [-0.1, -0.05) is 42.1 Å². The summed E-state index contributed by atoms with van der Waals surface area (Å²) >= 11 is 1.34. The topological polar surface area (TPSA) is 118 Å². The lowest BCUT2D eigenvalue weighted by Crippen LogP contribution is -2.37. The number of hydrogen-bond acceptors (Lipinski definition) is 5. The van der Waals surface area contributed by atoms with Gasteiger partial charge in [0.05, 0.1) is 0 Å². The van der Waals surface area contributed by atoms with Crippen LogP contribution in [0.15, 0.2) is 40.3 Å². The van der Waals surface area contributed by atoms with Gasteiger partial charge in [0.15, 0.2) is 5.16 Å². The van der Waals surface area contributed by atoms with Gasteiger partial charge in [0.25, 0.3) is 5.56 Å². The van der Waals surface area contributed by atoms with Crippen LogP contribution in [0.2, 0.25) is 0 Å². The fourth-order valence-corrected chi connectivity index (χ4v) is 2.83. The molecule has 0 aliphatic heterocycles. The molecule has 0 fully saturated rings. The van der Waals surface area contributed by atoms with Gasteiger partial charge in [-0.15, -0.1) is 0 Å². The smallest absolute Gasteiger partial charge is 0.254 e. The third-order valence-electron chi connectivity index (χ3n) is 3.72. The van der Waals surface area contributed by atoms with Crippen molar-refractivity contribution in [2.45, 2.75) is 31.0 Å². The highest BCUT2D eigenvalue weighted by molar-refractivity contribution is 7.98. The van der Waals surface area contributed by atoms with Gasteiger partial charge < -0.3 is 16.0 Å². The van der Waals surface area contributed by atoms with Crippen molar-refractivity contribution >= 4 is 23.6 Å². The molecule has 0 spiro atoms. The first-order valence-electron chi connectivity index (χ1n) is 7.69. The predicted octanol–water partition coefficient (Wildman–Crippen LogP) is 1.08. The molecule has 0 saturated carbocycles. The van der Waals surface area contributed by atoms with Crippen molar-refractivity contribution in [3.63, 3.8) is 0 Å². The summed E-state index contributed by atoms with van der Waals surface area (Å²) in [5, 5.41) is 3.15. The number of carbonyl (C=O) groups is 2. The summed E-state index contributed by atoms with van der Waals surface area (Å²) < 4.78 is 0. The predicted molar refractivity (Wildman–Crippen MR) is 96.2 cm³/mol. The molecule has 0 bridgehead atoms. The van der Waals surface area contributed by atoms with Gasteiger partial charge in [0.2, 0.25) is 11.8 Å². The van der Waals surface area contributed by atoms with Crippen LogP contribution in [0.5, 0.6) is 0 Å². The van der Waals surface area contributed by atoms with Crippen LogP contribution < -0.4 is 16.6 Å². The molecule has 2 amide bonds. The number of rotatable bonds is 7. The fraction of sp³-hybridized carbons (Fsp3) is 0.294. The molecular formula is C17H20N4O3S. The first kappa shape index (κ1) is 18.7. The third kappa shape index (κ3) is 4.93. The SMILES string of the molecule is CSc1nc(C)c(CCC(=O)NC(C(N)=O)c2ccccc2)c(=O)[nH]1. The standard InChI is InChI=1S/C17H20N4O3S/c1-10-12(16(24)21-17(19-10)25-2)8-9-13(22)20-14(15(18)23)11-6-4-3-5-7-11/h3-7,14H,8-9H2,1-2H3,(H2,18,23)(H,20,22)(H,19,21,24). The van der Waals surface area contributed by atoms with E-state index in [4.69, 9.17) is 5.73 Å². The summed E-state index contributed by atoms with van der Waals surface area (Å²) in [7, 11) is 0. The van der Waals surface area contributed by atoms with Gasteiger partial charge in [-0.05, 0) is 25.2 Å². The van der Waals surface area contributed by atoms with E-state index >= 15 is 0 Å². The monoisotopic (exact) mass is 360 g/mol. The molecule has 0 aliphatic carbocycles. The minimum absolute atomic E-state index is 0.0564. The van der Waals surface area contributed by atoms with Gasteiger partial charge in [-0.3, -0.25) is 14.4 Å². The Balaban J connectivity index is 2.05. The van der Waals surface area contributed by atoms with Gasteiger partial charge in [0, 0.05) is 17.7 Å². The number of benzene rings is 1. The van der Waals surface area contributed by atoms with Crippen molar-refractivity contribution in [1.82, 2.24) is 15.3 Å². The summed E-state index contributed by atoms with van der Waals surface area (Å²) in [6.07, 6.45) is 2.11. The normalized spacial score (nSPS) is 11.8. The fourth-order valence-electron chi connectivity index (χ4n) is 2.41. The van der Waals surface area contributed by atoms with Gasteiger partial charge in [-0.2, -0.15) is 0 Å². The number of primary amides is 1. The zero-order valence-corrected chi connectivity index (χ0v) is 14.9. The molecule has 1 aromatic heterocycles. The quantitative estimate of drug-likeness (QED) is 0.504. The lowest BCUT2D eigenvalue weighted by atomic mass is 10.1. The summed E-state index contributed by atoms with van der Waals surface area (Å²) in [4.78, 5) is 42.8. The number of aromatic nitrogens is 2. The molecule has 1 aromatic carbocycles. The number of thioether (sulfide) groups is 1. The second kappa shape index (κ2) is 8.48. The largest absolute Gasteiger partial charge is 0.368 e. The Labute approximate surface area is 149 Å². The van der Waals surface area contributed by atoms with Crippen molar-refractivity contribution in [3.8, 4) is 0 Å². The molecule has 1 heterocycles. The van der Waals surface area contributed by atoms with E-state index in [2.05, 4.69) is 15.3 Å². The highest BCUT2D eigenvalue weighted by Gasteiger charge is 2.20. The number of aryl methyl sites for hydroxylation is 1. The number of nitrogens with zero attached hydrogens (tertiary/aromatic N) is 1. The highest BCUT2D eigenvalue weighted by Crippen LogP contribution is 2.13. The molecule has 1 unspecified atom stereocenters.